The lowest BCUT2D eigenvalue weighted by Crippen LogP contribution is -2.52. The van der Waals surface area contributed by atoms with Crippen LogP contribution in [0.15, 0.2) is 0 Å². The van der Waals surface area contributed by atoms with Crippen molar-refractivity contribution in [3.8, 4) is 0 Å². The Labute approximate surface area is 130 Å². The van der Waals surface area contributed by atoms with Crippen LogP contribution in [0.3, 0.4) is 0 Å². The maximum absolute atomic E-state index is 11.5. The normalized spacial score (nSPS) is 23.8. The molecule has 0 aliphatic carbocycles. The summed E-state index contributed by atoms with van der Waals surface area (Å²) in [7, 11) is 0. The first-order chi connectivity index (χ1) is 10.1. The van der Waals surface area contributed by atoms with Crippen molar-refractivity contribution in [2.24, 2.45) is 5.92 Å². The Morgan fingerprint density at radius 2 is 1.57 bits per heavy atom. The van der Waals surface area contributed by atoms with Gasteiger partial charge in [0.1, 0.15) is 5.78 Å². The summed E-state index contributed by atoms with van der Waals surface area (Å²) < 4.78 is 0. The highest BCUT2D eigenvalue weighted by Gasteiger charge is 2.24. The summed E-state index contributed by atoms with van der Waals surface area (Å²) in [5.74, 6) is 1.09. The zero-order valence-electron chi connectivity index (χ0n) is 14.2. The molecule has 0 N–H and O–H groups in total. The molecule has 2 heterocycles. The van der Waals surface area contributed by atoms with Crippen molar-refractivity contribution in [3.63, 3.8) is 0 Å². The molecule has 4 nitrogen and oxygen atoms in total. The van der Waals surface area contributed by atoms with Crippen molar-refractivity contribution in [1.29, 1.82) is 0 Å². The number of Topliss-reactive ketones (excluding diaryl/α,β-unsaturated/α-hetero) is 1. The molecule has 0 atom stereocenters. The molecule has 0 aromatic carbocycles. The Morgan fingerprint density at radius 3 is 2.10 bits per heavy atom. The highest BCUT2D eigenvalue weighted by Crippen LogP contribution is 2.21. The van der Waals surface area contributed by atoms with E-state index in [1.165, 1.54) is 52.1 Å². The van der Waals surface area contributed by atoms with Crippen LogP contribution in [0.25, 0.3) is 0 Å². The quantitative estimate of drug-likeness (QED) is 0.749. The Hall–Kier alpha value is -0.450. The number of piperazine rings is 1. The standard InChI is InChI=1S/C17H33N3O/c1-4-17(21)13-16-5-7-18(8-6-16)14-19-9-11-20(12-10-19)15(2)3/h15-16H,4-14H2,1-3H3. The second-order valence-corrected chi connectivity index (χ2v) is 7.05. The van der Waals surface area contributed by atoms with E-state index < -0.39 is 0 Å². The van der Waals surface area contributed by atoms with Crippen molar-refractivity contribution in [1.82, 2.24) is 14.7 Å². The lowest BCUT2D eigenvalue weighted by Gasteiger charge is -2.40. The topological polar surface area (TPSA) is 26.8 Å². The first-order valence-electron chi connectivity index (χ1n) is 8.79. The third-order valence-corrected chi connectivity index (χ3v) is 5.16. The molecule has 2 fully saturated rings. The lowest BCUT2D eigenvalue weighted by atomic mass is 9.91. The van der Waals surface area contributed by atoms with Gasteiger partial charge in [0.05, 0.1) is 6.67 Å². The van der Waals surface area contributed by atoms with Crippen molar-refractivity contribution in [2.75, 3.05) is 45.9 Å². The van der Waals surface area contributed by atoms with E-state index in [1.807, 2.05) is 6.92 Å². The molecule has 0 radical (unpaired) electrons. The molecule has 122 valence electrons. The van der Waals surface area contributed by atoms with Crippen molar-refractivity contribution in [3.05, 3.63) is 0 Å². The Kier molecular flexibility index (Phi) is 6.65. The largest absolute Gasteiger partial charge is 0.300 e. The van der Waals surface area contributed by atoms with E-state index in [0.717, 1.165) is 13.1 Å². The molecular formula is C17H33N3O. The molecule has 0 aromatic heterocycles. The van der Waals surface area contributed by atoms with Crippen LogP contribution in [-0.4, -0.2) is 72.5 Å². The van der Waals surface area contributed by atoms with E-state index in [9.17, 15) is 4.79 Å². The molecule has 2 saturated heterocycles. The van der Waals surface area contributed by atoms with Gasteiger partial charge in [0.25, 0.3) is 0 Å². The zero-order chi connectivity index (χ0) is 15.2. The van der Waals surface area contributed by atoms with Crippen LogP contribution in [0.4, 0.5) is 0 Å². The molecule has 21 heavy (non-hydrogen) atoms. The number of likely N-dealkylation sites (tertiary alicyclic amines) is 1. The smallest absolute Gasteiger partial charge is 0.132 e. The number of rotatable bonds is 6. The van der Waals surface area contributed by atoms with E-state index in [4.69, 9.17) is 0 Å². The van der Waals surface area contributed by atoms with Gasteiger partial charge in [0, 0.05) is 45.1 Å². The molecule has 0 bridgehead atoms. The predicted octanol–water partition coefficient (Wildman–Crippen LogP) is 2.05. The first kappa shape index (κ1) is 16.9. The maximum Gasteiger partial charge on any atom is 0.132 e. The molecule has 2 aliphatic rings. The van der Waals surface area contributed by atoms with Gasteiger partial charge in [-0.25, -0.2) is 0 Å². The second kappa shape index (κ2) is 8.25. The molecule has 0 aromatic rings. The zero-order valence-corrected chi connectivity index (χ0v) is 14.2. The third-order valence-electron chi connectivity index (χ3n) is 5.16. The summed E-state index contributed by atoms with van der Waals surface area (Å²) in [6.07, 6.45) is 3.94. The maximum atomic E-state index is 11.5. The fourth-order valence-electron chi connectivity index (χ4n) is 3.50. The van der Waals surface area contributed by atoms with Crippen molar-refractivity contribution >= 4 is 5.78 Å². The van der Waals surface area contributed by atoms with Crippen LogP contribution in [0.2, 0.25) is 0 Å². The summed E-state index contributed by atoms with van der Waals surface area (Å²) in [5, 5.41) is 0. The van der Waals surface area contributed by atoms with E-state index in [2.05, 4.69) is 28.5 Å². The Bertz CT molecular complexity index is 316. The van der Waals surface area contributed by atoms with E-state index in [-0.39, 0.29) is 0 Å². The van der Waals surface area contributed by atoms with Crippen molar-refractivity contribution in [2.45, 2.75) is 52.5 Å². The fraction of sp³-hybridized carbons (Fsp3) is 0.941. The third kappa shape index (κ3) is 5.35. The molecule has 0 amide bonds. The van der Waals surface area contributed by atoms with E-state index in [0.29, 0.717) is 24.2 Å². The minimum atomic E-state index is 0.443. The van der Waals surface area contributed by atoms with Crippen LogP contribution < -0.4 is 0 Å². The number of nitrogens with zero attached hydrogens (tertiary/aromatic N) is 3. The predicted molar refractivity (Wildman–Crippen MR) is 87.4 cm³/mol. The minimum absolute atomic E-state index is 0.443. The van der Waals surface area contributed by atoms with Crippen LogP contribution >= 0.6 is 0 Å². The summed E-state index contributed by atoms with van der Waals surface area (Å²) >= 11 is 0. The molecule has 2 rings (SSSR count). The molecule has 0 unspecified atom stereocenters. The molecule has 0 spiro atoms. The van der Waals surface area contributed by atoms with Gasteiger partial charge in [-0.3, -0.25) is 19.5 Å². The van der Waals surface area contributed by atoms with Gasteiger partial charge in [0.2, 0.25) is 0 Å². The minimum Gasteiger partial charge on any atom is -0.300 e. The monoisotopic (exact) mass is 295 g/mol. The van der Waals surface area contributed by atoms with Crippen LogP contribution in [0.1, 0.15) is 46.5 Å². The van der Waals surface area contributed by atoms with Gasteiger partial charge in [-0.2, -0.15) is 0 Å². The van der Waals surface area contributed by atoms with Crippen LogP contribution in [0, 0.1) is 5.92 Å². The Balaban J connectivity index is 1.64. The highest BCUT2D eigenvalue weighted by molar-refractivity contribution is 5.78. The average Bonchev–Trinajstić information content (AvgIpc) is 2.49. The summed E-state index contributed by atoms with van der Waals surface area (Å²) in [6.45, 7) is 14.8. The van der Waals surface area contributed by atoms with Crippen LogP contribution in [-0.2, 0) is 4.79 Å². The Morgan fingerprint density at radius 1 is 1.00 bits per heavy atom. The summed E-state index contributed by atoms with van der Waals surface area (Å²) in [4.78, 5) is 19.3. The highest BCUT2D eigenvalue weighted by atomic mass is 16.1. The van der Waals surface area contributed by atoms with Gasteiger partial charge >= 0.3 is 0 Å². The SMILES string of the molecule is CCC(=O)CC1CCN(CN2CCN(C(C)C)CC2)CC1. The lowest BCUT2D eigenvalue weighted by molar-refractivity contribution is -0.120. The molecular weight excluding hydrogens is 262 g/mol. The first-order valence-corrected chi connectivity index (χ1v) is 8.79. The summed E-state index contributed by atoms with van der Waals surface area (Å²) in [5.41, 5.74) is 0. The molecule has 2 aliphatic heterocycles. The van der Waals surface area contributed by atoms with E-state index >= 15 is 0 Å². The van der Waals surface area contributed by atoms with Gasteiger partial charge in [-0.15, -0.1) is 0 Å². The fourth-order valence-corrected chi connectivity index (χ4v) is 3.50. The van der Waals surface area contributed by atoms with Gasteiger partial charge in [-0.05, 0) is 45.7 Å². The average molecular weight is 295 g/mol. The van der Waals surface area contributed by atoms with E-state index in [1.54, 1.807) is 0 Å². The number of carbonyl (C=O) groups excluding carboxylic acids is 1. The molecule has 0 saturated carbocycles. The number of piperidine rings is 1. The number of hydrogen-bond acceptors (Lipinski definition) is 4. The summed E-state index contributed by atoms with van der Waals surface area (Å²) in [6, 6.07) is 0.680. The van der Waals surface area contributed by atoms with Gasteiger partial charge < -0.3 is 0 Å². The van der Waals surface area contributed by atoms with Gasteiger partial charge in [-0.1, -0.05) is 6.92 Å². The number of carbonyl (C=O) groups is 1. The molecule has 4 heteroatoms. The number of hydrogen-bond donors (Lipinski definition) is 0. The number of ketones is 1. The van der Waals surface area contributed by atoms with Gasteiger partial charge in [0.15, 0.2) is 0 Å². The van der Waals surface area contributed by atoms with Crippen LogP contribution in [0.5, 0.6) is 0 Å². The second-order valence-electron chi connectivity index (χ2n) is 7.05. The van der Waals surface area contributed by atoms with Crippen molar-refractivity contribution < 1.29 is 4.79 Å².